The fourth-order valence-electron chi connectivity index (χ4n) is 3.05. The molecule has 1 fully saturated rings. The van der Waals surface area contributed by atoms with Crippen molar-refractivity contribution in [2.45, 2.75) is 18.9 Å². The van der Waals surface area contributed by atoms with Gasteiger partial charge in [0.1, 0.15) is 11.6 Å². The number of carbonyl (C=O) groups excluding carboxylic acids is 1. The van der Waals surface area contributed by atoms with Crippen molar-refractivity contribution in [1.82, 2.24) is 15.0 Å². The van der Waals surface area contributed by atoms with Crippen LogP contribution in [0.1, 0.15) is 23.8 Å². The Bertz CT molecular complexity index is 940. The summed E-state index contributed by atoms with van der Waals surface area (Å²) in [5, 5.41) is 3.89. The highest BCUT2D eigenvalue weighted by Gasteiger charge is 2.34. The van der Waals surface area contributed by atoms with E-state index in [4.69, 9.17) is 4.52 Å². The Balaban J connectivity index is 1.48. The van der Waals surface area contributed by atoms with Crippen LogP contribution in [0.5, 0.6) is 0 Å². The molecule has 0 aliphatic carbocycles. The van der Waals surface area contributed by atoms with Gasteiger partial charge in [0.15, 0.2) is 0 Å². The first-order chi connectivity index (χ1) is 12.6. The van der Waals surface area contributed by atoms with Crippen molar-refractivity contribution < 1.29 is 18.1 Å². The number of benzene rings is 2. The molecule has 1 unspecified atom stereocenters. The summed E-state index contributed by atoms with van der Waals surface area (Å²) in [5.41, 5.74) is 1.37. The molecule has 2 aromatic carbocycles. The predicted octanol–water partition coefficient (Wildman–Crippen LogP) is 3.53. The average Bonchev–Trinajstić information content (AvgIpc) is 3.24. The fourth-order valence-corrected chi connectivity index (χ4v) is 3.05. The summed E-state index contributed by atoms with van der Waals surface area (Å²) in [7, 11) is 0. The maximum absolute atomic E-state index is 13.3. The van der Waals surface area contributed by atoms with Crippen LogP contribution in [0.4, 0.5) is 8.78 Å². The van der Waals surface area contributed by atoms with Gasteiger partial charge in [0.2, 0.25) is 17.6 Å². The number of nitrogens with zero attached hydrogens (tertiary/aromatic N) is 3. The third-order valence-corrected chi connectivity index (χ3v) is 4.37. The van der Waals surface area contributed by atoms with Crippen molar-refractivity contribution in [1.29, 1.82) is 0 Å². The lowest BCUT2D eigenvalue weighted by molar-refractivity contribution is -0.128. The summed E-state index contributed by atoms with van der Waals surface area (Å²) in [6, 6.07) is 12.0. The standard InChI is InChI=1S/C19H15F2N3O2/c20-15-6-4-12(5-7-15)10-24-11-14(9-17(24)25)19-22-18(23-26-19)13-2-1-3-16(21)8-13/h1-8,14H,9-11H2. The monoisotopic (exact) mass is 355 g/mol. The van der Waals surface area contributed by atoms with Gasteiger partial charge >= 0.3 is 0 Å². The highest BCUT2D eigenvalue weighted by atomic mass is 19.1. The smallest absolute Gasteiger partial charge is 0.232 e. The molecule has 132 valence electrons. The van der Waals surface area contributed by atoms with Gasteiger partial charge in [-0.3, -0.25) is 4.79 Å². The van der Waals surface area contributed by atoms with Crippen molar-refractivity contribution in [3.63, 3.8) is 0 Å². The van der Waals surface area contributed by atoms with Gasteiger partial charge in [0.25, 0.3) is 0 Å². The molecular formula is C19H15F2N3O2. The van der Waals surface area contributed by atoms with E-state index in [1.54, 1.807) is 29.2 Å². The number of carbonyl (C=O) groups is 1. The largest absolute Gasteiger partial charge is 0.339 e. The van der Waals surface area contributed by atoms with Gasteiger partial charge in [-0.25, -0.2) is 8.78 Å². The van der Waals surface area contributed by atoms with E-state index in [0.717, 1.165) is 5.56 Å². The summed E-state index contributed by atoms with van der Waals surface area (Å²) < 4.78 is 31.6. The van der Waals surface area contributed by atoms with E-state index in [1.165, 1.54) is 24.3 Å². The first-order valence-corrected chi connectivity index (χ1v) is 8.20. The zero-order valence-electron chi connectivity index (χ0n) is 13.7. The molecule has 1 saturated heterocycles. The number of rotatable bonds is 4. The van der Waals surface area contributed by atoms with E-state index in [2.05, 4.69) is 10.1 Å². The Morgan fingerprint density at radius 1 is 1.12 bits per heavy atom. The minimum atomic E-state index is -0.379. The van der Waals surface area contributed by atoms with Crippen LogP contribution in [0.2, 0.25) is 0 Å². The molecule has 0 saturated carbocycles. The van der Waals surface area contributed by atoms with Gasteiger partial charge in [0, 0.05) is 25.1 Å². The molecule has 0 radical (unpaired) electrons. The minimum Gasteiger partial charge on any atom is -0.339 e. The van der Waals surface area contributed by atoms with Gasteiger partial charge in [-0.05, 0) is 29.8 Å². The second-order valence-corrected chi connectivity index (χ2v) is 6.27. The molecule has 26 heavy (non-hydrogen) atoms. The van der Waals surface area contributed by atoms with Crippen LogP contribution >= 0.6 is 0 Å². The van der Waals surface area contributed by atoms with Crippen LogP contribution in [0.15, 0.2) is 53.1 Å². The predicted molar refractivity (Wildman–Crippen MR) is 88.9 cm³/mol. The molecule has 7 heteroatoms. The molecule has 1 aliphatic rings. The van der Waals surface area contributed by atoms with Gasteiger partial charge in [-0.1, -0.05) is 29.4 Å². The summed E-state index contributed by atoms with van der Waals surface area (Å²) in [5.74, 6) is -0.267. The van der Waals surface area contributed by atoms with E-state index >= 15 is 0 Å². The first kappa shape index (κ1) is 16.4. The molecular weight excluding hydrogens is 340 g/mol. The highest BCUT2D eigenvalue weighted by molar-refractivity contribution is 5.79. The van der Waals surface area contributed by atoms with Crippen LogP contribution in [-0.2, 0) is 11.3 Å². The van der Waals surface area contributed by atoms with Crippen molar-refractivity contribution in [2.24, 2.45) is 0 Å². The molecule has 1 amide bonds. The molecule has 0 bridgehead atoms. The Morgan fingerprint density at radius 2 is 1.92 bits per heavy atom. The van der Waals surface area contributed by atoms with Crippen molar-refractivity contribution >= 4 is 5.91 Å². The number of hydrogen-bond donors (Lipinski definition) is 0. The van der Waals surface area contributed by atoms with Crippen LogP contribution in [0.3, 0.4) is 0 Å². The van der Waals surface area contributed by atoms with Crippen molar-refractivity contribution in [2.75, 3.05) is 6.54 Å². The Kier molecular flexibility index (Phi) is 4.20. The van der Waals surface area contributed by atoms with Crippen molar-refractivity contribution in [3.8, 4) is 11.4 Å². The lowest BCUT2D eigenvalue weighted by atomic mass is 10.1. The Hall–Kier alpha value is -3.09. The number of halogens is 2. The van der Waals surface area contributed by atoms with Crippen LogP contribution in [0, 0.1) is 11.6 Å². The highest BCUT2D eigenvalue weighted by Crippen LogP contribution is 2.29. The maximum atomic E-state index is 13.3. The number of likely N-dealkylation sites (tertiary alicyclic amines) is 1. The van der Waals surface area contributed by atoms with Gasteiger partial charge in [0.05, 0.1) is 5.92 Å². The molecule has 0 N–H and O–H groups in total. The number of amides is 1. The summed E-state index contributed by atoms with van der Waals surface area (Å²) in [6.07, 6.45) is 0.270. The van der Waals surface area contributed by atoms with Crippen LogP contribution in [0.25, 0.3) is 11.4 Å². The maximum Gasteiger partial charge on any atom is 0.232 e. The minimum absolute atomic E-state index is 0.0233. The molecule has 1 aromatic heterocycles. The summed E-state index contributed by atoms with van der Waals surface area (Å²) in [6.45, 7) is 0.849. The Morgan fingerprint density at radius 3 is 2.69 bits per heavy atom. The topological polar surface area (TPSA) is 59.2 Å². The lowest BCUT2D eigenvalue weighted by Gasteiger charge is -2.15. The van der Waals surface area contributed by atoms with E-state index in [0.29, 0.717) is 30.4 Å². The molecule has 5 nitrogen and oxygen atoms in total. The van der Waals surface area contributed by atoms with Crippen molar-refractivity contribution in [3.05, 3.63) is 71.6 Å². The van der Waals surface area contributed by atoms with Gasteiger partial charge < -0.3 is 9.42 Å². The molecule has 3 aromatic rings. The zero-order chi connectivity index (χ0) is 18.1. The first-order valence-electron chi connectivity index (χ1n) is 8.20. The molecule has 1 atom stereocenters. The third kappa shape index (κ3) is 3.33. The normalized spacial score (nSPS) is 17.1. The quantitative estimate of drug-likeness (QED) is 0.718. The zero-order valence-corrected chi connectivity index (χ0v) is 13.7. The van der Waals surface area contributed by atoms with E-state index in [1.807, 2.05) is 0 Å². The Labute approximate surface area is 148 Å². The fraction of sp³-hybridized carbons (Fsp3) is 0.211. The second kappa shape index (κ2) is 6.67. The summed E-state index contributed by atoms with van der Waals surface area (Å²) >= 11 is 0. The van der Waals surface area contributed by atoms with Crippen LogP contribution in [-0.4, -0.2) is 27.5 Å². The van der Waals surface area contributed by atoms with E-state index < -0.39 is 0 Å². The molecule has 1 aliphatic heterocycles. The third-order valence-electron chi connectivity index (χ3n) is 4.37. The molecule has 2 heterocycles. The average molecular weight is 355 g/mol. The SMILES string of the molecule is O=C1CC(c2nc(-c3cccc(F)c3)no2)CN1Cc1ccc(F)cc1. The van der Waals surface area contributed by atoms with E-state index in [9.17, 15) is 13.6 Å². The lowest BCUT2D eigenvalue weighted by Crippen LogP contribution is -2.24. The number of aromatic nitrogens is 2. The number of hydrogen-bond acceptors (Lipinski definition) is 4. The molecule has 4 rings (SSSR count). The van der Waals surface area contributed by atoms with Gasteiger partial charge in [-0.2, -0.15) is 4.98 Å². The summed E-state index contributed by atoms with van der Waals surface area (Å²) in [4.78, 5) is 18.3. The van der Waals surface area contributed by atoms with E-state index in [-0.39, 0.29) is 29.9 Å². The van der Waals surface area contributed by atoms with Gasteiger partial charge in [-0.15, -0.1) is 0 Å². The van der Waals surface area contributed by atoms with Crippen LogP contribution < -0.4 is 0 Å². The second-order valence-electron chi connectivity index (χ2n) is 6.27. The molecule has 0 spiro atoms.